The second-order valence-corrected chi connectivity index (χ2v) is 4.81. The van der Waals surface area contributed by atoms with Crippen molar-refractivity contribution >= 4 is 5.69 Å². The van der Waals surface area contributed by atoms with Gasteiger partial charge in [0.15, 0.2) is 0 Å². The van der Waals surface area contributed by atoms with E-state index < -0.39 is 0 Å². The fraction of sp³-hybridized carbons (Fsp3) is 0.571. The van der Waals surface area contributed by atoms with Crippen LogP contribution in [0.4, 0.5) is 5.69 Å². The van der Waals surface area contributed by atoms with Gasteiger partial charge in [-0.2, -0.15) is 0 Å². The van der Waals surface area contributed by atoms with Crippen molar-refractivity contribution in [2.45, 2.75) is 44.8 Å². The molecule has 1 aliphatic carbocycles. The normalized spacial score (nSPS) is 24.4. The number of benzene rings is 1. The van der Waals surface area contributed by atoms with E-state index in [1.807, 2.05) is 12.1 Å². The van der Waals surface area contributed by atoms with Gasteiger partial charge in [0.05, 0.1) is 24.9 Å². The number of hydrogen-bond donors (Lipinski definition) is 2. The molecule has 1 aromatic rings. The van der Waals surface area contributed by atoms with Crippen LogP contribution in [0, 0.1) is 6.92 Å². The van der Waals surface area contributed by atoms with Gasteiger partial charge in [-0.05, 0) is 37.5 Å². The predicted molar refractivity (Wildman–Crippen MR) is 69.6 cm³/mol. The molecule has 0 saturated heterocycles. The lowest BCUT2D eigenvalue weighted by Crippen LogP contribution is -2.36. The van der Waals surface area contributed by atoms with Crippen LogP contribution in [-0.4, -0.2) is 24.4 Å². The highest BCUT2D eigenvalue weighted by molar-refractivity contribution is 5.58. The predicted octanol–water partition coefficient (Wildman–Crippen LogP) is 2.72. The van der Waals surface area contributed by atoms with E-state index in [4.69, 9.17) is 4.74 Å². The van der Waals surface area contributed by atoms with E-state index in [1.54, 1.807) is 7.11 Å². The van der Waals surface area contributed by atoms with Crippen LogP contribution in [0.5, 0.6) is 5.75 Å². The summed E-state index contributed by atoms with van der Waals surface area (Å²) in [6.45, 7) is 2.06. The minimum absolute atomic E-state index is 0.152. The Morgan fingerprint density at radius 1 is 1.29 bits per heavy atom. The van der Waals surface area contributed by atoms with E-state index in [-0.39, 0.29) is 12.1 Å². The van der Waals surface area contributed by atoms with Gasteiger partial charge in [-0.1, -0.05) is 18.9 Å². The summed E-state index contributed by atoms with van der Waals surface area (Å²) in [5.74, 6) is 0.841. The first-order chi connectivity index (χ1) is 8.20. The maximum absolute atomic E-state index is 9.96. The zero-order chi connectivity index (χ0) is 12.3. The number of ether oxygens (including phenoxy) is 1. The Balaban J connectivity index is 2.13. The standard InChI is InChI=1S/C14H21NO2/c1-10-7-8-14(17-2)12(9-10)15-11-5-3-4-6-13(11)16/h7-9,11,13,15-16H,3-6H2,1-2H3. The van der Waals surface area contributed by atoms with Gasteiger partial charge >= 0.3 is 0 Å². The molecule has 1 fully saturated rings. The molecule has 3 nitrogen and oxygen atoms in total. The summed E-state index contributed by atoms with van der Waals surface area (Å²) in [5, 5.41) is 13.4. The van der Waals surface area contributed by atoms with E-state index >= 15 is 0 Å². The van der Waals surface area contributed by atoms with Crippen molar-refractivity contribution in [3.63, 3.8) is 0 Å². The van der Waals surface area contributed by atoms with Gasteiger partial charge in [0.25, 0.3) is 0 Å². The SMILES string of the molecule is COc1ccc(C)cc1NC1CCCCC1O. The molecule has 0 radical (unpaired) electrons. The van der Waals surface area contributed by atoms with Gasteiger partial charge < -0.3 is 15.2 Å². The van der Waals surface area contributed by atoms with E-state index in [0.717, 1.165) is 30.7 Å². The van der Waals surface area contributed by atoms with Crippen molar-refractivity contribution < 1.29 is 9.84 Å². The van der Waals surface area contributed by atoms with E-state index in [1.165, 1.54) is 12.0 Å². The molecule has 2 N–H and O–H groups in total. The number of hydrogen-bond acceptors (Lipinski definition) is 3. The third kappa shape index (κ3) is 2.91. The molecule has 2 rings (SSSR count). The van der Waals surface area contributed by atoms with Gasteiger partial charge in [0, 0.05) is 0 Å². The Bertz CT molecular complexity index is 378. The first-order valence-corrected chi connectivity index (χ1v) is 6.30. The largest absolute Gasteiger partial charge is 0.495 e. The molecule has 1 aliphatic rings. The third-order valence-electron chi connectivity index (χ3n) is 3.43. The fourth-order valence-corrected chi connectivity index (χ4v) is 2.41. The van der Waals surface area contributed by atoms with Crippen LogP contribution in [0.3, 0.4) is 0 Å². The lowest BCUT2D eigenvalue weighted by Gasteiger charge is -2.29. The third-order valence-corrected chi connectivity index (χ3v) is 3.43. The van der Waals surface area contributed by atoms with E-state index in [2.05, 4.69) is 18.3 Å². The maximum atomic E-state index is 9.96. The summed E-state index contributed by atoms with van der Waals surface area (Å²) in [7, 11) is 1.67. The molecule has 2 atom stereocenters. The average Bonchev–Trinajstić information content (AvgIpc) is 2.32. The first-order valence-electron chi connectivity index (χ1n) is 6.30. The lowest BCUT2D eigenvalue weighted by molar-refractivity contribution is 0.116. The summed E-state index contributed by atoms with van der Waals surface area (Å²) in [6.07, 6.45) is 3.99. The van der Waals surface area contributed by atoms with Crippen LogP contribution < -0.4 is 10.1 Å². The van der Waals surface area contributed by atoms with Crippen LogP contribution in [0.25, 0.3) is 0 Å². The monoisotopic (exact) mass is 235 g/mol. The molecule has 0 aliphatic heterocycles. The van der Waals surface area contributed by atoms with E-state index in [0.29, 0.717) is 0 Å². The van der Waals surface area contributed by atoms with Crippen molar-refractivity contribution in [3.8, 4) is 5.75 Å². The second kappa shape index (κ2) is 5.41. The molecule has 0 spiro atoms. The molecule has 17 heavy (non-hydrogen) atoms. The van der Waals surface area contributed by atoms with Crippen LogP contribution in [0.15, 0.2) is 18.2 Å². The number of nitrogens with one attached hydrogen (secondary N) is 1. The van der Waals surface area contributed by atoms with Crippen molar-refractivity contribution in [2.24, 2.45) is 0 Å². The molecule has 0 amide bonds. The molecule has 2 unspecified atom stereocenters. The Morgan fingerprint density at radius 2 is 2.06 bits per heavy atom. The zero-order valence-electron chi connectivity index (χ0n) is 10.6. The number of methoxy groups -OCH3 is 1. The van der Waals surface area contributed by atoms with Gasteiger partial charge in [-0.15, -0.1) is 0 Å². The molecule has 0 aromatic heterocycles. The minimum Gasteiger partial charge on any atom is -0.495 e. The smallest absolute Gasteiger partial charge is 0.141 e. The number of anilines is 1. The van der Waals surface area contributed by atoms with Gasteiger partial charge in [-0.3, -0.25) is 0 Å². The highest BCUT2D eigenvalue weighted by atomic mass is 16.5. The summed E-state index contributed by atoms with van der Waals surface area (Å²) in [4.78, 5) is 0. The molecule has 1 aromatic carbocycles. The quantitative estimate of drug-likeness (QED) is 0.846. The molecule has 94 valence electrons. The summed E-state index contributed by atoms with van der Waals surface area (Å²) in [5.41, 5.74) is 2.18. The number of aliphatic hydroxyl groups excluding tert-OH is 1. The fourth-order valence-electron chi connectivity index (χ4n) is 2.41. The van der Waals surface area contributed by atoms with E-state index in [9.17, 15) is 5.11 Å². The number of aliphatic hydroxyl groups is 1. The molecule has 1 saturated carbocycles. The van der Waals surface area contributed by atoms with Crippen molar-refractivity contribution in [3.05, 3.63) is 23.8 Å². The van der Waals surface area contributed by atoms with Crippen molar-refractivity contribution in [1.82, 2.24) is 0 Å². The van der Waals surface area contributed by atoms with Crippen LogP contribution >= 0.6 is 0 Å². The molecule has 3 heteroatoms. The maximum Gasteiger partial charge on any atom is 0.141 e. The Kier molecular flexibility index (Phi) is 3.89. The lowest BCUT2D eigenvalue weighted by atomic mass is 9.92. The minimum atomic E-state index is -0.242. The number of aryl methyl sites for hydroxylation is 1. The number of rotatable bonds is 3. The van der Waals surface area contributed by atoms with Crippen LogP contribution in [-0.2, 0) is 0 Å². The first kappa shape index (κ1) is 12.2. The topological polar surface area (TPSA) is 41.5 Å². The van der Waals surface area contributed by atoms with Crippen molar-refractivity contribution in [1.29, 1.82) is 0 Å². The molecule has 0 bridgehead atoms. The average molecular weight is 235 g/mol. The highest BCUT2D eigenvalue weighted by Crippen LogP contribution is 2.29. The summed E-state index contributed by atoms with van der Waals surface area (Å²) < 4.78 is 5.33. The zero-order valence-corrected chi connectivity index (χ0v) is 10.6. The van der Waals surface area contributed by atoms with Crippen LogP contribution in [0.2, 0.25) is 0 Å². The molecule has 0 heterocycles. The second-order valence-electron chi connectivity index (χ2n) is 4.81. The Morgan fingerprint density at radius 3 is 2.76 bits per heavy atom. The summed E-state index contributed by atoms with van der Waals surface area (Å²) in [6, 6.07) is 6.22. The molecular formula is C14H21NO2. The summed E-state index contributed by atoms with van der Waals surface area (Å²) >= 11 is 0. The van der Waals surface area contributed by atoms with Gasteiger partial charge in [0.2, 0.25) is 0 Å². The van der Waals surface area contributed by atoms with Crippen LogP contribution in [0.1, 0.15) is 31.2 Å². The van der Waals surface area contributed by atoms with Crippen molar-refractivity contribution in [2.75, 3.05) is 12.4 Å². The highest BCUT2D eigenvalue weighted by Gasteiger charge is 2.23. The Hall–Kier alpha value is -1.22. The molecular weight excluding hydrogens is 214 g/mol. The van der Waals surface area contributed by atoms with Gasteiger partial charge in [0.1, 0.15) is 5.75 Å². The van der Waals surface area contributed by atoms with Gasteiger partial charge in [-0.25, -0.2) is 0 Å². The Labute approximate surface area is 103 Å².